The first-order valence-electron chi connectivity index (χ1n) is 13.0. The van der Waals surface area contributed by atoms with Crippen LogP contribution in [0.5, 0.6) is 5.75 Å². The van der Waals surface area contributed by atoms with E-state index in [4.69, 9.17) is 24.7 Å². The summed E-state index contributed by atoms with van der Waals surface area (Å²) in [6, 6.07) is 1.30. The Morgan fingerprint density at radius 3 is 2.13 bits per heavy atom. The first kappa shape index (κ1) is 2.32. The molecule has 1 aromatic carbocycles. The Morgan fingerprint density at radius 2 is 1.60 bits per heavy atom. The number of hydrogen-bond donors (Lipinski definition) is 1. The highest BCUT2D eigenvalue weighted by Gasteiger charge is 2.21. The van der Waals surface area contributed by atoms with Crippen LogP contribution in [0.1, 0.15) is 76.9 Å². The van der Waals surface area contributed by atoms with Gasteiger partial charge in [0.2, 0.25) is 0 Å². The summed E-state index contributed by atoms with van der Waals surface area (Å²) in [5, 5.41) is 10.4. The quantitative estimate of drug-likeness (QED) is 0.706. The molecular weight excluding hydrogens is 184 g/mol. The van der Waals surface area contributed by atoms with Crippen molar-refractivity contribution in [3.63, 3.8) is 0 Å². The molecule has 0 aliphatic rings. The van der Waals surface area contributed by atoms with E-state index in [1.54, 1.807) is 0 Å². The van der Waals surface area contributed by atoms with Gasteiger partial charge in [-0.1, -0.05) is 53.2 Å². The van der Waals surface area contributed by atoms with Gasteiger partial charge in [0.25, 0.3) is 0 Å². The normalized spacial score (nSPS) is 35.7. The number of benzene rings is 1. The summed E-state index contributed by atoms with van der Waals surface area (Å²) < 4.78 is 139. The van der Waals surface area contributed by atoms with Crippen molar-refractivity contribution >= 4 is 0 Å². The Hall–Kier alpha value is -0.980. The minimum absolute atomic E-state index is 0.242. The predicted molar refractivity (Wildman–Crippen MR) is 65.5 cm³/mol. The Labute approximate surface area is 118 Å². The van der Waals surface area contributed by atoms with Crippen molar-refractivity contribution < 1.29 is 29.8 Å². The summed E-state index contributed by atoms with van der Waals surface area (Å²) in [4.78, 5) is 0. The van der Waals surface area contributed by atoms with Crippen molar-refractivity contribution in [2.45, 2.75) is 51.9 Å². The van der Waals surface area contributed by atoms with Crippen molar-refractivity contribution in [3.8, 4) is 5.75 Å². The molecule has 1 N–H and O–H groups in total. The van der Waals surface area contributed by atoms with Gasteiger partial charge in [0.1, 0.15) is 5.75 Å². The van der Waals surface area contributed by atoms with Gasteiger partial charge in [-0.05, 0) is 28.0 Å². The summed E-state index contributed by atoms with van der Waals surface area (Å²) in [6.07, 6.45) is 0. The summed E-state index contributed by atoms with van der Waals surface area (Å²) in [6.45, 7) is -23.0. The third-order valence-corrected chi connectivity index (χ3v) is 1.83. The van der Waals surface area contributed by atoms with Gasteiger partial charge in [-0.15, -0.1) is 0 Å². The Bertz CT molecular complexity index is 787. The second-order valence-electron chi connectivity index (χ2n) is 3.23. The molecule has 0 aliphatic heterocycles. The zero-order valence-electron chi connectivity index (χ0n) is 25.7. The maximum Gasteiger partial charge on any atom is 0.119 e. The van der Waals surface area contributed by atoms with Crippen LogP contribution < -0.4 is 0 Å². The highest BCUT2D eigenvalue weighted by Crippen LogP contribution is 2.34. The van der Waals surface area contributed by atoms with E-state index in [9.17, 15) is 5.11 Å². The van der Waals surface area contributed by atoms with Crippen LogP contribution in [0.25, 0.3) is 0 Å². The van der Waals surface area contributed by atoms with Gasteiger partial charge in [0.05, 0.1) is 0 Å². The molecular formula is C14H22O. The van der Waals surface area contributed by atoms with Crippen LogP contribution in [-0.4, -0.2) is 5.11 Å². The number of phenolic OH excluding ortho intramolecular Hbond substituents is 1. The first-order valence-corrected chi connectivity index (χ1v) is 3.96. The minimum atomic E-state index is -3.87. The molecule has 0 aliphatic carbocycles. The van der Waals surface area contributed by atoms with Crippen molar-refractivity contribution in [2.75, 3.05) is 0 Å². The fourth-order valence-corrected chi connectivity index (χ4v) is 1.07. The fraction of sp³-hybridized carbons (Fsp3) is 0.571. The second kappa shape index (κ2) is 3.55. The largest absolute Gasteiger partial charge is 0.508 e. The van der Waals surface area contributed by atoms with E-state index >= 15 is 0 Å². The van der Waals surface area contributed by atoms with E-state index in [2.05, 4.69) is 0 Å². The molecule has 0 bridgehead atoms. The maximum atomic E-state index is 10.4. The molecule has 84 valence electrons. The van der Waals surface area contributed by atoms with Gasteiger partial charge in [-0.3, -0.25) is 0 Å². The third kappa shape index (κ3) is 2.74. The summed E-state index contributed by atoms with van der Waals surface area (Å²) in [5.41, 5.74) is -9.95. The van der Waals surface area contributed by atoms with E-state index in [0.29, 0.717) is 12.1 Å². The van der Waals surface area contributed by atoms with Gasteiger partial charge >= 0.3 is 0 Å². The van der Waals surface area contributed by atoms with Crippen LogP contribution in [0.15, 0.2) is 18.2 Å². The lowest BCUT2D eigenvalue weighted by Crippen LogP contribution is -2.16. The topological polar surface area (TPSA) is 20.2 Å². The van der Waals surface area contributed by atoms with E-state index in [0.717, 1.165) is 0 Å². The standard InChI is InChI=1S/C14H22O/c1-13(2,3)10-7-8-12(15)11(9-10)14(4,5)6/h7-9,15H,1-6H3/i1D3,2D3,3D3,4D3,5D3,6D3. The van der Waals surface area contributed by atoms with Gasteiger partial charge in [0.15, 0.2) is 0 Å². The molecule has 0 saturated heterocycles. The molecule has 0 radical (unpaired) electrons. The third-order valence-electron chi connectivity index (χ3n) is 1.83. The van der Waals surface area contributed by atoms with E-state index in [1.165, 1.54) is 0 Å². The van der Waals surface area contributed by atoms with Gasteiger partial charge in [-0.25, -0.2) is 0 Å². The number of phenols is 1. The minimum Gasteiger partial charge on any atom is -0.508 e. The van der Waals surface area contributed by atoms with Crippen LogP contribution in [0, 0.1) is 0 Å². The monoisotopic (exact) mass is 224 g/mol. The molecule has 1 heteroatoms. The maximum absolute atomic E-state index is 10.4. The average molecular weight is 224 g/mol. The number of aromatic hydroxyl groups is 1. The predicted octanol–water partition coefficient (Wildman–Crippen LogP) is 3.99. The average Bonchev–Trinajstić information content (AvgIpc) is 2.41. The molecule has 1 nitrogen and oxygen atoms in total. The molecule has 1 aromatic rings. The lowest BCUT2D eigenvalue weighted by Gasteiger charge is -2.25. The molecule has 0 fully saturated rings. The van der Waals surface area contributed by atoms with Gasteiger partial charge < -0.3 is 5.11 Å². The van der Waals surface area contributed by atoms with Crippen molar-refractivity contribution in [3.05, 3.63) is 29.3 Å². The Morgan fingerprint density at radius 1 is 1.00 bits per heavy atom. The SMILES string of the molecule is [2H]C([2H])([2H])C(c1ccc(O)c(C(C([2H])([2H])[2H])(C([2H])([2H])[2H])C([2H])([2H])[2H])c1)(C([2H])([2H])[2H])C([2H])([2H])[2H]. The molecule has 1 rings (SSSR count). The molecule has 0 amide bonds. The summed E-state index contributed by atoms with van der Waals surface area (Å²) >= 11 is 0. The smallest absolute Gasteiger partial charge is 0.119 e. The molecule has 15 heavy (non-hydrogen) atoms. The highest BCUT2D eigenvalue weighted by molar-refractivity contribution is 5.42. The lowest BCUT2D eigenvalue weighted by molar-refractivity contribution is 0.444. The zero-order valence-corrected chi connectivity index (χ0v) is 7.68. The van der Waals surface area contributed by atoms with E-state index < -0.39 is 68.8 Å². The van der Waals surface area contributed by atoms with E-state index in [1.807, 2.05) is 0 Å². The number of hydrogen-bond acceptors (Lipinski definition) is 1. The molecule has 0 spiro atoms. The molecule has 0 saturated carbocycles. The molecule has 0 atom stereocenters. The van der Waals surface area contributed by atoms with Crippen LogP contribution in [0.4, 0.5) is 0 Å². The Balaban J connectivity index is 4.45. The number of rotatable bonds is 0. The van der Waals surface area contributed by atoms with Crippen LogP contribution in [-0.2, 0) is 10.8 Å². The van der Waals surface area contributed by atoms with E-state index in [-0.39, 0.29) is 6.07 Å². The van der Waals surface area contributed by atoms with Crippen molar-refractivity contribution in [1.29, 1.82) is 0 Å². The van der Waals surface area contributed by atoms with Crippen LogP contribution >= 0.6 is 0 Å². The molecule has 0 heterocycles. The Kier molecular flexibility index (Phi) is 0.549. The van der Waals surface area contributed by atoms with Gasteiger partial charge in [0, 0.05) is 24.7 Å². The fourth-order valence-electron chi connectivity index (χ4n) is 1.07. The van der Waals surface area contributed by atoms with Crippen LogP contribution in [0.3, 0.4) is 0 Å². The van der Waals surface area contributed by atoms with Crippen molar-refractivity contribution in [1.82, 2.24) is 0 Å². The van der Waals surface area contributed by atoms with Crippen LogP contribution in [0.2, 0.25) is 0 Å². The summed E-state index contributed by atoms with van der Waals surface area (Å²) in [5.74, 6) is -1.21. The summed E-state index contributed by atoms with van der Waals surface area (Å²) in [7, 11) is 0. The molecule has 0 aromatic heterocycles. The zero-order chi connectivity index (χ0) is 26.9. The molecule has 0 unspecified atom stereocenters. The van der Waals surface area contributed by atoms with Gasteiger partial charge in [-0.2, -0.15) is 0 Å². The highest BCUT2D eigenvalue weighted by atomic mass is 16.3. The first-order chi connectivity index (χ1) is 14.1. The van der Waals surface area contributed by atoms with Crippen molar-refractivity contribution in [2.24, 2.45) is 0 Å². The second-order valence-corrected chi connectivity index (χ2v) is 3.23. The lowest BCUT2D eigenvalue weighted by atomic mass is 9.80.